The van der Waals surface area contributed by atoms with Gasteiger partial charge in [0.1, 0.15) is 5.75 Å². The van der Waals surface area contributed by atoms with Gasteiger partial charge in [0.2, 0.25) is 0 Å². The highest BCUT2D eigenvalue weighted by atomic mass is 16.5. The molecule has 0 bridgehead atoms. The minimum absolute atomic E-state index is 0.830. The van der Waals surface area contributed by atoms with Gasteiger partial charge in [0.25, 0.3) is 0 Å². The lowest BCUT2D eigenvalue weighted by Gasteiger charge is -2.10. The van der Waals surface area contributed by atoms with E-state index in [0.29, 0.717) is 0 Å². The Balaban J connectivity index is 1.99. The molecule has 0 aliphatic carbocycles. The van der Waals surface area contributed by atoms with Crippen LogP contribution in [0.1, 0.15) is 23.6 Å². The number of ether oxygens (including phenoxy) is 1. The molecule has 0 saturated heterocycles. The molecular weight excluding hydrogens is 234 g/mol. The van der Waals surface area contributed by atoms with Crippen LogP contribution in [0.2, 0.25) is 0 Å². The summed E-state index contributed by atoms with van der Waals surface area (Å²) in [4.78, 5) is 0. The Labute approximate surface area is 115 Å². The second-order valence-corrected chi connectivity index (χ2v) is 4.71. The molecule has 0 unspecified atom stereocenters. The van der Waals surface area contributed by atoms with E-state index < -0.39 is 0 Å². The van der Waals surface area contributed by atoms with Crippen LogP contribution in [0, 0.1) is 6.92 Å². The monoisotopic (exact) mass is 255 g/mol. The SMILES string of the molecule is CCc1ccc(NCc2ccc(OC)c(C)c2)cc1. The highest BCUT2D eigenvalue weighted by Crippen LogP contribution is 2.19. The van der Waals surface area contributed by atoms with Crippen molar-refractivity contribution in [3.05, 3.63) is 59.2 Å². The van der Waals surface area contributed by atoms with E-state index >= 15 is 0 Å². The molecule has 0 heterocycles. The Bertz CT molecular complexity index is 531. The molecule has 0 amide bonds. The lowest BCUT2D eigenvalue weighted by Crippen LogP contribution is -2.00. The van der Waals surface area contributed by atoms with Gasteiger partial charge in [-0.2, -0.15) is 0 Å². The molecule has 0 atom stereocenters. The zero-order chi connectivity index (χ0) is 13.7. The van der Waals surface area contributed by atoms with Crippen molar-refractivity contribution in [1.82, 2.24) is 0 Å². The largest absolute Gasteiger partial charge is 0.496 e. The molecule has 100 valence electrons. The third-order valence-electron chi connectivity index (χ3n) is 3.32. The second kappa shape index (κ2) is 6.28. The first-order valence-electron chi connectivity index (χ1n) is 6.69. The predicted octanol–water partition coefficient (Wildman–Crippen LogP) is 4.18. The summed E-state index contributed by atoms with van der Waals surface area (Å²) in [7, 11) is 1.70. The van der Waals surface area contributed by atoms with Crippen LogP contribution in [-0.2, 0) is 13.0 Å². The average Bonchev–Trinajstić information content (AvgIpc) is 2.46. The Hall–Kier alpha value is -1.96. The van der Waals surface area contributed by atoms with Gasteiger partial charge in [0, 0.05) is 12.2 Å². The molecule has 1 N–H and O–H groups in total. The Morgan fingerprint density at radius 2 is 1.68 bits per heavy atom. The third kappa shape index (κ3) is 3.50. The Morgan fingerprint density at radius 1 is 1.00 bits per heavy atom. The van der Waals surface area contributed by atoms with Crippen molar-refractivity contribution >= 4 is 5.69 Å². The summed E-state index contributed by atoms with van der Waals surface area (Å²) in [5.41, 5.74) is 4.96. The van der Waals surface area contributed by atoms with Gasteiger partial charge in [0.15, 0.2) is 0 Å². The minimum atomic E-state index is 0.830. The van der Waals surface area contributed by atoms with Gasteiger partial charge >= 0.3 is 0 Å². The van der Waals surface area contributed by atoms with Crippen LogP contribution in [0.25, 0.3) is 0 Å². The summed E-state index contributed by atoms with van der Waals surface area (Å²) >= 11 is 0. The zero-order valence-electron chi connectivity index (χ0n) is 11.9. The molecule has 0 saturated carbocycles. The first-order valence-corrected chi connectivity index (χ1v) is 6.69. The predicted molar refractivity (Wildman–Crippen MR) is 80.9 cm³/mol. The summed E-state index contributed by atoms with van der Waals surface area (Å²) < 4.78 is 5.27. The molecule has 0 aliphatic heterocycles. The summed E-state index contributed by atoms with van der Waals surface area (Å²) in [5.74, 6) is 0.941. The van der Waals surface area contributed by atoms with Gasteiger partial charge in [-0.05, 0) is 48.2 Å². The lowest BCUT2D eigenvalue weighted by atomic mass is 10.1. The smallest absolute Gasteiger partial charge is 0.121 e. The van der Waals surface area contributed by atoms with Gasteiger partial charge in [0.05, 0.1) is 7.11 Å². The number of hydrogen-bond donors (Lipinski definition) is 1. The van der Waals surface area contributed by atoms with Gasteiger partial charge in [-0.1, -0.05) is 31.2 Å². The Kier molecular flexibility index (Phi) is 4.45. The van der Waals surface area contributed by atoms with E-state index in [9.17, 15) is 0 Å². The van der Waals surface area contributed by atoms with Crippen molar-refractivity contribution in [2.24, 2.45) is 0 Å². The fraction of sp³-hybridized carbons (Fsp3) is 0.294. The number of aryl methyl sites for hydroxylation is 2. The van der Waals surface area contributed by atoms with Gasteiger partial charge in [-0.3, -0.25) is 0 Å². The van der Waals surface area contributed by atoms with Crippen molar-refractivity contribution in [1.29, 1.82) is 0 Å². The third-order valence-corrected chi connectivity index (χ3v) is 3.32. The standard InChI is InChI=1S/C17H21NO/c1-4-14-5-8-16(9-6-14)18-12-15-7-10-17(19-3)13(2)11-15/h5-11,18H,4,12H2,1-3H3. The first kappa shape index (κ1) is 13.5. The molecule has 2 aromatic rings. The molecule has 0 radical (unpaired) electrons. The molecule has 0 fully saturated rings. The van der Waals surface area contributed by atoms with E-state index in [-0.39, 0.29) is 0 Å². The lowest BCUT2D eigenvalue weighted by molar-refractivity contribution is 0.411. The molecule has 0 aliphatic rings. The maximum atomic E-state index is 5.27. The quantitative estimate of drug-likeness (QED) is 0.865. The molecule has 2 rings (SSSR count). The van der Waals surface area contributed by atoms with E-state index in [2.05, 4.69) is 55.6 Å². The average molecular weight is 255 g/mol. The zero-order valence-corrected chi connectivity index (χ0v) is 11.9. The van der Waals surface area contributed by atoms with E-state index in [1.165, 1.54) is 16.7 Å². The number of anilines is 1. The number of hydrogen-bond acceptors (Lipinski definition) is 2. The van der Waals surface area contributed by atoms with Crippen LogP contribution in [0.4, 0.5) is 5.69 Å². The second-order valence-electron chi connectivity index (χ2n) is 4.71. The summed E-state index contributed by atoms with van der Waals surface area (Å²) in [6.07, 6.45) is 1.08. The van der Waals surface area contributed by atoms with Crippen molar-refractivity contribution in [2.75, 3.05) is 12.4 Å². The number of methoxy groups -OCH3 is 1. The van der Waals surface area contributed by atoms with Crippen LogP contribution in [0.3, 0.4) is 0 Å². The maximum absolute atomic E-state index is 5.27. The highest BCUT2D eigenvalue weighted by molar-refractivity contribution is 5.46. The van der Waals surface area contributed by atoms with Crippen LogP contribution in [-0.4, -0.2) is 7.11 Å². The summed E-state index contributed by atoms with van der Waals surface area (Å²) in [6, 6.07) is 14.9. The topological polar surface area (TPSA) is 21.3 Å². The molecule has 0 spiro atoms. The maximum Gasteiger partial charge on any atom is 0.121 e. The summed E-state index contributed by atoms with van der Waals surface area (Å²) in [6.45, 7) is 5.07. The number of rotatable bonds is 5. The number of nitrogens with one attached hydrogen (secondary N) is 1. The normalized spacial score (nSPS) is 10.3. The summed E-state index contributed by atoms with van der Waals surface area (Å²) in [5, 5.41) is 3.44. The molecular formula is C17H21NO. The van der Waals surface area contributed by atoms with E-state index in [1.54, 1.807) is 7.11 Å². The molecule has 2 nitrogen and oxygen atoms in total. The van der Waals surface area contributed by atoms with Crippen molar-refractivity contribution < 1.29 is 4.74 Å². The molecule has 0 aromatic heterocycles. The van der Waals surface area contributed by atoms with E-state index in [1.807, 2.05) is 6.07 Å². The van der Waals surface area contributed by atoms with Crippen molar-refractivity contribution in [2.45, 2.75) is 26.8 Å². The minimum Gasteiger partial charge on any atom is -0.496 e. The van der Waals surface area contributed by atoms with Gasteiger partial charge in [-0.15, -0.1) is 0 Å². The van der Waals surface area contributed by atoms with Crippen LogP contribution < -0.4 is 10.1 Å². The van der Waals surface area contributed by atoms with Crippen molar-refractivity contribution in [3.63, 3.8) is 0 Å². The van der Waals surface area contributed by atoms with Crippen LogP contribution >= 0.6 is 0 Å². The van der Waals surface area contributed by atoms with Crippen molar-refractivity contribution in [3.8, 4) is 5.75 Å². The molecule has 2 heteroatoms. The Morgan fingerprint density at radius 3 is 2.26 bits per heavy atom. The molecule has 19 heavy (non-hydrogen) atoms. The van der Waals surface area contributed by atoms with Crippen LogP contribution in [0.5, 0.6) is 5.75 Å². The van der Waals surface area contributed by atoms with Gasteiger partial charge in [-0.25, -0.2) is 0 Å². The molecule has 2 aromatic carbocycles. The van der Waals surface area contributed by atoms with E-state index in [0.717, 1.165) is 24.4 Å². The van der Waals surface area contributed by atoms with E-state index in [4.69, 9.17) is 4.74 Å². The fourth-order valence-electron chi connectivity index (χ4n) is 2.11. The van der Waals surface area contributed by atoms with Crippen LogP contribution in [0.15, 0.2) is 42.5 Å². The number of benzene rings is 2. The first-order chi connectivity index (χ1) is 9.22. The fourth-order valence-corrected chi connectivity index (χ4v) is 2.11. The highest BCUT2D eigenvalue weighted by Gasteiger charge is 2.00. The van der Waals surface area contributed by atoms with Gasteiger partial charge < -0.3 is 10.1 Å².